The van der Waals surface area contributed by atoms with E-state index in [9.17, 15) is 0 Å². The van der Waals surface area contributed by atoms with E-state index in [0.29, 0.717) is 0 Å². The first-order chi connectivity index (χ1) is 5.16. The highest BCUT2D eigenvalue weighted by Crippen LogP contribution is 2.15. The maximum Gasteiger partial charge on any atom is -0.00954 e. The predicted octanol–water partition coefficient (Wildman–Crippen LogP) is 3.77. The summed E-state index contributed by atoms with van der Waals surface area (Å²) in [6.45, 7) is 6.92. The van der Waals surface area contributed by atoms with E-state index in [4.69, 9.17) is 0 Å². The van der Waals surface area contributed by atoms with Crippen LogP contribution in [0.1, 0.15) is 46.5 Å². The monoisotopic (exact) mass is 174 g/mol. The lowest BCUT2D eigenvalue weighted by Crippen LogP contribution is -1.97. The molecule has 0 saturated carbocycles. The van der Waals surface area contributed by atoms with E-state index in [1.807, 2.05) is 0 Å². The molecule has 0 aromatic rings. The van der Waals surface area contributed by atoms with Crippen LogP contribution < -0.4 is 0 Å². The van der Waals surface area contributed by atoms with Crippen molar-refractivity contribution in [3.8, 4) is 0 Å². The molecule has 0 spiro atoms. The minimum absolute atomic E-state index is 0.873. The average Bonchev–Trinajstić information content (AvgIpc) is 1.87. The maximum absolute atomic E-state index is 4.22. The van der Waals surface area contributed by atoms with E-state index in [1.165, 1.54) is 25.7 Å². The van der Waals surface area contributed by atoms with Crippen molar-refractivity contribution in [3.63, 3.8) is 0 Å². The minimum atomic E-state index is 0.873. The van der Waals surface area contributed by atoms with Crippen molar-refractivity contribution in [1.82, 2.24) is 0 Å². The Balaban J connectivity index is 3.10. The summed E-state index contributed by atoms with van der Waals surface area (Å²) >= 11 is 4.22. The zero-order chi connectivity index (χ0) is 8.69. The van der Waals surface area contributed by atoms with Gasteiger partial charge in [0.2, 0.25) is 0 Å². The Morgan fingerprint density at radius 1 is 1.00 bits per heavy atom. The van der Waals surface area contributed by atoms with Gasteiger partial charge in [0.15, 0.2) is 0 Å². The van der Waals surface area contributed by atoms with Crippen LogP contribution >= 0.6 is 12.6 Å². The highest BCUT2D eigenvalue weighted by molar-refractivity contribution is 7.80. The molecule has 0 saturated heterocycles. The fourth-order valence-corrected chi connectivity index (χ4v) is 1.68. The van der Waals surface area contributed by atoms with Crippen molar-refractivity contribution in [1.29, 1.82) is 0 Å². The molecule has 0 radical (unpaired) electrons. The average molecular weight is 174 g/mol. The van der Waals surface area contributed by atoms with Crippen molar-refractivity contribution in [3.05, 3.63) is 0 Å². The molecule has 0 aliphatic rings. The van der Waals surface area contributed by atoms with Crippen LogP contribution in [0.2, 0.25) is 0 Å². The molecule has 0 N–H and O–H groups in total. The molecule has 0 unspecified atom stereocenters. The summed E-state index contributed by atoms with van der Waals surface area (Å²) in [7, 11) is 0. The molecule has 0 heterocycles. The lowest BCUT2D eigenvalue weighted by atomic mass is 9.98. The third kappa shape index (κ3) is 8.25. The van der Waals surface area contributed by atoms with Crippen molar-refractivity contribution in [2.45, 2.75) is 46.5 Å². The SMILES string of the molecule is CC(C)CCC[C@@H](C)CCS. The van der Waals surface area contributed by atoms with Gasteiger partial charge in [0.05, 0.1) is 0 Å². The van der Waals surface area contributed by atoms with Gasteiger partial charge in [0.1, 0.15) is 0 Å². The van der Waals surface area contributed by atoms with Crippen LogP contribution in [0, 0.1) is 11.8 Å². The quantitative estimate of drug-likeness (QED) is 0.582. The summed E-state index contributed by atoms with van der Waals surface area (Å²) in [4.78, 5) is 0. The summed E-state index contributed by atoms with van der Waals surface area (Å²) in [5.41, 5.74) is 0. The van der Waals surface area contributed by atoms with Gasteiger partial charge in [-0.2, -0.15) is 12.6 Å². The molecule has 0 amide bonds. The third-order valence-electron chi connectivity index (χ3n) is 2.10. The van der Waals surface area contributed by atoms with Gasteiger partial charge >= 0.3 is 0 Å². The molecule has 0 aromatic heterocycles. The Labute approximate surface area is 77.2 Å². The Kier molecular flexibility index (Phi) is 7.25. The lowest BCUT2D eigenvalue weighted by Gasteiger charge is -2.10. The zero-order valence-electron chi connectivity index (χ0n) is 8.14. The van der Waals surface area contributed by atoms with Gasteiger partial charge in [0.25, 0.3) is 0 Å². The molecule has 68 valence electrons. The van der Waals surface area contributed by atoms with Crippen LogP contribution in [-0.2, 0) is 0 Å². The molecule has 0 rings (SSSR count). The lowest BCUT2D eigenvalue weighted by molar-refractivity contribution is 0.451. The van der Waals surface area contributed by atoms with E-state index in [1.54, 1.807) is 0 Å². The van der Waals surface area contributed by atoms with E-state index in [2.05, 4.69) is 33.4 Å². The van der Waals surface area contributed by atoms with Gasteiger partial charge in [-0.25, -0.2) is 0 Å². The van der Waals surface area contributed by atoms with E-state index in [0.717, 1.165) is 17.6 Å². The van der Waals surface area contributed by atoms with E-state index < -0.39 is 0 Å². The highest BCUT2D eigenvalue weighted by atomic mass is 32.1. The molecule has 0 aromatic carbocycles. The molecule has 1 heteroatoms. The second kappa shape index (κ2) is 7.02. The Morgan fingerprint density at radius 2 is 1.64 bits per heavy atom. The molecule has 0 bridgehead atoms. The smallest absolute Gasteiger partial charge is 0.00954 e. The predicted molar refractivity (Wildman–Crippen MR) is 56.3 cm³/mol. The first kappa shape index (κ1) is 11.4. The first-order valence-corrected chi connectivity index (χ1v) is 5.41. The van der Waals surface area contributed by atoms with Crippen LogP contribution in [0.15, 0.2) is 0 Å². The van der Waals surface area contributed by atoms with Gasteiger partial charge in [-0.3, -0.25) is 0 Å². The number of thiol groups is 1. The summed E-state index contributed by atoms with van der Waals surface area (Å²) in [5, 5.41) is 0. The number of rotatable bonds is 6. The topological polar surface area (TPSA) is 0 Å². The van der Waals surface area contributed by atoms with Crippen molar-refractivity contribution in [2.24, 2.45) is 11.8 Å². The number of hydrogen-bond donors (Lipinski definition) is 1. The van der Waals surface area contributed by atoms with Crippen LogP contribution in [0.3, 0.4) is 0 Å². The minimum Gasteiger partial charge on any atom is -0.179 e. The molecule has 0 aliphatic heterocycles. The third-order valence-corrected chi connectivity index (χ3v) is 2.36. The van der Waals surface area contributed by atoms with Gasteiger partial charge in [0, 0.05) is 0 Å². The summed E-state index contributed by atoms with van der Waals surface area (Å²) in [5.74, 6) is 2.80. The molecule has 11 heavy (non-hydrogen) atoms. The van der Waals surface area contributed by atoms with Crippen molar-refractivity contribution < 1.29 is 0 Å². The number of hydrogen-bond acceptors (Lipinski definition) is 1. The van der Waals surface area contributed by atoms with E-state index in [-0.39, 0.29) is 0 Å². The molecule has 0 fully saturated rings. The summed E-state index contributed by atoms with van der Waals surface area (Å²) in [6.07, 6.45) is 5.45. The largest absolute Gasteiger partial charge is 0.179 e. The fraction of sp³-hybridized carbons (Fsp3) is 1.00. The van der Waals surface area contributed by atoms with E-state index >= 15 is 0 Å². The first-order valence-electron chi connectivity index (χ1n) is 4.77. The Hall–Kier alpha value is 0.350. The van der Waals surface area contributed by atoms with Gasteiger partial charge in [-0.1, -0.05) is 40.0 Å². The van der Waals surface area contributed by atoms with Crippen molar-refractivity contribution >= 4 is 12.6 Å². The standard InChI is InChI=1S/C10H22S/c1-9(2)5-4-6-10(3)7-8-11/h9-11H,4-8H2,1-3H3/t10-/m1/s1. The highest BCUT2D eigenvalue weighted by Gasteiger charge is 2.01. The molecule has 0 nitrogen and oxygen atoms in total. The van der Waals surface area contributed by atoms with Crippen LogP contribution in [0.5, 0.6) is 0 Å². The van der Waals surface area contributed by atoms with Gasteiger partial charge in [-0.15, -0.1) is 0 Å². The Morgan fingerprint density at radius 3 is 2.09 bits per heavy atom. The molecule has 1 atom stereocenters. The molecular formula is C10H22S. The zero-order valence-corrected chi connectivity index (χ0v) is 9.03. The molecule has 0 aliphatic carbocycles. The van der Waals surface area contributed by atoms with Crippen LogP contribution in [-0.4, -0.2) is 5.75 Å². The fourth-order valence-electron chi connectivity index (χ4n) is 1.24. The second-order valence-electron chi connectivity index (χ2n) is 3.94. The summed E-state index contributed by atoms with van der Waals surface area (Å²) < 4.78 is 0. The maximum atomic E-state index is 4.22. The Bertz CT molecular complexity index is 78.9. The summed E-state index contributed by atoms with van der Waals surface area (Å²) in [6, 6.07) is 0. The second-order valence-corrected chi connectivity index (χ2v) is 4.39. The molecular weight excluding hydrogens is 152 g/mol. The van der Waals surface area contributed by atoms with Gasteiger partial charge < -0.3 is 0 Å². The van der Waals surface area contributed by atoms with Crippen LogP contribution in [0.4, 0.5) is 0 Å². The van der Waals surface area contributed by atoms with Crippen molar-refractivity contribution in [2.75, 3.05) is 5.75 Å². The van der Waals surface area contributed by atoms with Gasteiger partial charge in [-0.05, 0) is 24.0 Å². The van der Waals surface area contributed by atoms with Crippen LogP contribution in [0.25, 0.3) is 0 Å². The normalized spacial score (nSPS) is 13.9.